The van der Waals surface area contributed by atoms with Crippen molar-refractivity contribution >= 4 is 27.7 Å². The summed E-state index contributed by atoms with van der Waals surface area (Å²) < 4.78 is 37.6. The van der Waals surface area contributed by atoms with Gasteiger partial charge in [-0.2, -0.15) is 0 Å². The zero-order valence-electron chi connectivity index (χ0n) is 13.2. The fourth-order valence-corrected chi connectivity index (χ4v) is 2.56. The van der Waals surface area contributed by atoms with E-state index in [1.54, 1.807) is 6.92 Å². The van der Waals surface area contributed by atoms with Crippen LogP contribution in [0.4, 0.5) is 4.39 Å². The van der Waals surface area contributed by atoms with Crippen LogP contribution >= 0.6 is 0 Å². The number of sulfone groups is 1. The lowest BCUT2D eigenvalue weighted by atomic mass is 10.0. The van der Waals surface area contributed by atoms with Crippen LogP contribution in [0.15, 0.2) is 52.0 Å². The van der Waals surface area contributed by atoms with E-state index in [9.17, 15) is 17.6 Å². The van der Waals surface area contributed by atoms with Crippen molar-refractivity contribution < 1.29 is 22.7 Å². The van der Waals surface area contributed by atoms with Crippen molar-refractivity contribution in [3.8, 4) is 0 Å². The third-order valence-electron chi connectivity index (χ3n) is 2.95. The summed E-state index contributed by atoms with van der Waals surface area (Å²) in [5, 5.41) is 17.0. The van der Waals surface area contributed by atoms with Gasteiger partial charge in [-0.3, -0.25) is 10.4 Å². The molecule has 1 aromatic carbocycles. The van der Waals surface area contributed by atoms with E-state index in [4.69, 9.17) is 10.5 Å². The van der Waals surface area contributed by atoms with E-state index in [0.29, 0.717) is 5.57 Å². The van der Waals surface area contributed by atoms with E-state index in [1.165, 1.54) is 13.1 Å². The van der Waals surface area contributed by atoms with Gasteiger partial charge in [0, 0.05) is 18.0 Å². The van der Waals surface area contributed by atoms with E-state index in [0.717, 1.165) is 24.4 Å². The summed E-state index contributed by atoms with van der Waals surface area (Å²) in [7, 11) is -3.60. The summed E-state index contributed by atoms with van der Waals surface area (Å²) in [5.74, 6) is -2.65. The van der Waals surface area contributed by atoms with Gasteiger partial charge >= 0.3 is 5.97 Å². The Labute approximate surface area is 139 Å². The number of nitrogens with one attached hydrogen (secondary N) is 1. The van der Waals surface area contributed by atoms with Crippen LogP contribution in [0.3, 0.4) is 0 Å². The molecule has 6 nitrogen and oxygen atoms in total. The molecule has 0 spiro atoms. The molecule has 0 heterocycles. The van der Waals surface area contributed by atoms with E-state index >= 15 is 0 Å². The molecule has 1 rings (SSSR count). The third-order valence-corrected chi connectivity index (χ3v) is 4.68. The Kier molecular flexibility index (Phi) is 6.30. The predicted octanol–water partition coefficient (Wildman–Crippen LogP) is 2.60. The molecule has 0 fully saturated rings. The highest BCUT2D eigenvalue weighted by Crippen LogP contribution is 2.19. The van der Waals surface area contributed by atoms with E-state index < -0.39 is 32.9 Å². The van der Waals surface area contributed by atoms with Gasteiger partial charge in [0.05, 0.1) is 16.4 Å². The molecule has 8 heteroatoms. The third kappa shape index (κ3) is 4.69. The largest absolute Gasteiger partial charge is 0.478 e. The number of allylic oxidation sites excluding steroid dienone is 1. The van der Waals surface area contributed by atoms with Crippen molar-refractivity contribution in [3.05, 3.63) is 53.5 Å². The highest BCUT2D eigenvalue weighted by Gasteiger charge is 2.21. The maximum atomic E-state index is 14.2. The van der Waals surface area contributed by atoms with Gasteiger partial charge in [-0.25, -0.2) is 17.6 Å². The van der Waals surface area contributed by atoms with Gasteiger partial charge < -0.3 is 5.11 Å². The van der Waals surface area contributed by atoms with Crippen LogP contribution in [0.25, 0.3) is 0 Å². The lowest BCUT2D eigenvalue weighted by Crippen LogP contribution is -2.15. The van der Waals surface area contributed by atoms with E-state index in [2.05, 4.69) is 11.6 Å². The molecule has 0 saturated carbocycles. The highest BCUT2D eigenvalue weighted by molar-refractivity contribution is 7.91. The topological polar surface area (TPSA) is 108 Å². The second-order valence-electron chi connectivity index (χ2n) is 4.89. The quantitative estimate of drug-likeness (QED) is 0.581. The summed E-state index contributed by atoms with van der Waals surface area (Å²) in [6, 6.07) is 2.99. The first kappa shape index (κ1) is 19.4. The van der Waals surface area contributed by atoms with Crippen molar-refractivity contribution in [3.63, 3.8) is 0 Å². The molecule has 0 amide bonds. The van der Waals surface area contributed by atoms with Crippen molar-refractivity contribution in [2.24, 2.45) is 4.99 Å². The minimum atomic E-state index is -3.60. The maximum absolute atomic E-state index is 14.2. The molecule has 0 aromatic heterocycles. The first-order chi connectivity index (χ1) is 11.1. The number of aliphatic carboxylic acids is 1. The van der Waals surface area contributed by atoms with Crippen LogP contribution in [-0.2, 0) is 14.6 Å². The van der Waals surface area contributed by atoms with E-state index in [-0.39, 0.29) is 16.2 Å². The number of hydrogen-bond acceptors (Lipinski definition) is 5. The number of carboxylic acid groups (broad SMARTS) is 1. The molecule has 0 atom stereocenters. The fraction of sp³-hybridized carbons (Fsp3) is 0.188. The molecule has 0 aliphatic heterocycles. The Morgan fingerprint density at radius 2 is 2.08 bits per heavy atom. The van der Waals surface area contributed by atoms with Crippen LogP contribution in [-0.4, -0.2) is 37.2 Å². The molecule has 0 aliphatic rings. The molecule has 0 unspecified atom stereocenters. The van der Waals surface area contributed by atoms with Gasteiger partial charge in [0.15, 0.2) is 9.84 Å². The summed E-state index contributed by atoms with van der Waals surface area (Å²) in [4.78, 5) is 14.7. The summed E-state index contributed by atoms with van der Waals surface area (Å²) in [6.07, 6.45) is 2.21. The molecule has 24 heavy (non-hydrogen) atoms. The molecule has 0 radical (unpaired) electrons. The normalized spacial score (nSPS) is 12.4. The van der Waals surface area contributed by atoms with Gasteiger partial charge in [-0.05, 0) is 30.7 Å². The Morgan fingerprint density at radius 1 is 1.46 bits per heavy atom. The van der Waals surface area contributed by atoms with E-state index in [1.807, 2.05) is 0 Å². The molecule has 128 valence electrons. The zero-order chi connectivity index (χ0) is 18.5. The first-order valence-electron chi connectivity index (χ1n) is 6.84. The van der Waals surface area contributed by atoms with Crippen LogP contribution < -0.4 is 0 Å². The Bertz CT molecular complexity index is 855. The second kappa shape index (κ2) is 7.78. The van der Waals surface area contributed by atoms with Crippen molar-refractivity contribution in [1.29, 1.82) is 5.41 Å². The number of carboxylic acids is 1. The monoisotopic (exact) mass is 352 g/mol. The van der Waals surface area contributed by atoms with Crippen molar-refractivity contribution in [2.75, 3.05) is 5.75 Å². The molecule has 0 bridgehead atoms. The molecular weight excluding hydrogens is 335 g/mol. The van der Waals surface area contributed by atoms with Crippen LogP contribution in [0.5, 0.6) is 0 Å². The summed E-state index contributed by atoms with van der Waals surface area (Å²) in [6.45, 7) is 6.63. The van der Waals surface area contributed by atoms with Gasteiger partial charge in [0.1, 0.15) is 11.4 Å². The van der Waals surface area contributed by atoms with Crippen molar-refractivity contribution in [1.82, 2.24) is 0 Å². The van der Waals surface area contributed by atoms with Gasteiger partial charge in [0.2, 0.25) is 0 Å². The number of carbonyl (C=O) groups is 1. The molecular formula is C16H17FN2O4S. The van der Waals surface area contributed by atoms with Crippen molar-refractivity contribution in [2.45, 2.75) is 18.7 Å². The first-order valence-corrected chi connectivity index (χ1v) is 8.49. The standard InChI is InChI=1S/C16H17FN2O4S/c1-4-24(22,23)11-5-6-12(14(17)7-11)15(18)13(16(20)21)9-19-8-10(2)3/h5-9,18H,2,4H2,1,3H3,(H,20,21). The molecule has 0 saturated heterocycles. The number of benzene rings is 1. The second-order valence-corrected chi connectivity index (χ2v) is 7.17. The Hall–Kier alpha value is -2.61. The minimum Gasteiger partial charge on any atom is -0.478 e. The summed E-state index contributed by atoms with van der Waals surface area (Å²) >= 11 is 0. The van der Waals surface area contributed by atoms with Crippen LogP contribution in [0.1, 0.15) is 19.4 Å². The Morgan fingerprint density at radius 3 is 2.54 bits per heavy atom. The fourth-order valence-electron chi connectivity index (χ4n) is 1.67. The van der Waals surface area contributed by atoms with Gasteiger partial charge in [-0.1, -0.05) is 13.5 Å². The zero-order valence-corrected chi connectivity index (χ0v) is 14.0. The number of aliphatic imine (C=N–C) groups is 1. The number of halogens is 1. The number of hydrogen-bond donors (Lipinski definition) is 2. The average molecular weight is 352 g/mol. The molecule has 0 aliphatic carbocycles. The molecule has 1 aromatic rings. The van der Waals surface area contributed by atoms with Gasteiger partial charge in [0.25, 0.3) is 0 Å². The predicted molar refractivity (Wildman–Crippen MR) is 90.0 cm³/mol. The maximum Gasteiger partial charge on any atom is 0.339 e. The van der Waals surface area contributed by atoms with Crippen LogP contribution in [0, 0.1) is 11.2 Å². The smallest absolute Gasteiger partial charge is 0.339 e. The van der Waals surface area contributed by atoms with Gasteiger partial charge in [-0.15, -0.1) is 0 Å². The number of nitrogens with zero attached hydrogens (tertiary/aromatic N) is 1. The average Bonchev–Trinajstić information content (AvgIpc) is 2.50. The van der Waals surface area contributed by atoms with Crippen LogP contribution in [0.2, 0.25) is 0 Å². The number of rotatable bonds is 7. The highest BCUT2D eigenvalue weighted by atomic mass is 32.2. The minimum absolute atomic E-state index is 0.195. The SMILES string of the molecule is C=C(C)C=NC=C(C(=N)c1ccc(S(=O)(=O)CC)cc1F)C(=O)O. The lowest BCUT2D eigenvalue weighted by molar-refractivity contribution is -0.132. The molecule has 2 N–H and O–H groups in total. The Balaban J connectivity index is 3.31. The summed E-state index contributed by atoms with van der Waals surface area (Å²) in [5.41, 5.74) is -0.899. The lowest BCUT2D eigenvalue weighted by Gasteiger charge is -2.08.